The van der Waals surface area contributed by atoms with Crippen molar-refractivity contribution in [2.75, 3.05) is 0 Å². The Hall–Kier alpha value is -1.82. The number of nitrogens with one attached hydrogen (secondary N) is 2. The van der Waals surface area contributed by atoms with E-state index >= 15 is 0 Å². The van der Waals surface area contributed by atoms with Crippen LogP contribution in [-0.2, 0) is 11.3 Å². The van der Waals surface area contributed by atoms with Crippen LogP contribution >= 0.6 is 12.2 Å². The molecular formula is C15H21N3O2S. The number of aromatic amines is 1. The number of fused-ring (bicyclic) bond motifs is 1. The van der Waals surface area contributed by atoms with Crippen molar-refractivity contribution < 1.29 is 9.53 Å². The van der Waals surface area contributed by atoms with Gasteiger partial charge in [-0.2, -0.15) is 0 Å². The molecule has 0 aliphatic carbocycles. The van der Waals surface area contributed by atoms with E-state index < -0.39 is 0 Å². The lowest BCUT2D eigenvalue weighted by Gasteiger charge is -2.11. The lowest BCUT2D eigenvalue weighted by molar-refractivity contribution is -0.122. The highest BCUT2D eigenvalue weighted by atomic mass is 32.1. The monoisotopic (exact) mass is 307 g/mol. The Balaban J connectivity index is 2.39. The first-order chi connectivity index (χ1) is 9.88. The number of imidazole rings is 1. The summed E-state index contributed by atoms with van der Waals surface area (Å²) in [5, 5.41) is 2.87. The summed E-state index contributed by atoms with van der Waals surface area (Å²) >= 11 is 5.33. The van der Waals surface area contributed by atoms with E-state index in [2.05, 4.69) is 10.3 Å². The van der Waals surface area contributed by atoms with E-state index in [0.29, 0.717) is 4.77 Å². The van der Waals surface area contributed by atoms with Gasteiger partial charge in [0, 0.05) is 6.04 Å². The molecule has 0 unspecified atom stereocenters. The maximum absolute atomic E-state index is 12.0. The van der Waals surface area contributed by atoms with Crippen molar-refractivity contribution in [2.24, 2.45) is 0 Å². The lowest BCUT2D eigenvalue weighted by Crippen LogP contribution is -2.33. The Kier molecular flexibility index (Phi) is 4.67. The number of aromatic nitrogens is 2. The fourth-order valence-electron chi connectivity index (χ4n) is 2.17. The van der Waals surface area contributed by atoms with Crippen LogP contribution in [0.1, 0.15) is 27.7 Å². The number of H-pyrrole nitrogens is 1. The summed E-state index contributed by atoms with van der Waals surface area (Å²) in [6.45, 7) is 8.01. The second kappa shape index (κ2) is 6.30. The average Bonchev–Trinajstić information content (AvgIpc) is 2.66. The highest BCUT2D eigenvalue weighted by molar-refractivity contribution is 7.71. The Morgan fingerprint density at radius 2 is 2.10 bits per heavy atom. The molecule has 0 bridgehead atoms. The number of amides is 1. The van der Waals surface area contributed by atoms with Gasteiger partial charge >= 0.3 is 0 Å². The van der Waals surface area contributed by atoms with Gasteiger partial charge in [-0.25, -0.2) is 0 Å². The van der Waals surface area contributed by atoms with Gasteiger partial charge in [0.15, 0.2) is 4.77 Å². The largest absolute Gasteiger partial charge is 0.489 e. The summed E-state index contributed by atoms with van der Waals surface area (Å²) in [4.78, 5) is 15.1. The predicted molar refractivity (Wildman–Crippen MR) is 86.2 cm³/mol. The number of para-hydroxylation sites is 1. The summed E-state index contributed by atoms with van der Waals surface area (Å²) < 4.78 is 8.08. The SMILES string of the molecule is CC(C)NC(=O)Cn1c(=S)[nH]c2c(OC(C)C)cccc21. The molecule has 0 aliphatic heterocycles. The first-order valence-electron chi connectivity index (χ1n) is 7.06. The van der Waals surface area contributed by atoms with E-state index in [1.165, 1.54) is 0 Å². The number of carbonyl (C=O) groups excluding carboxylic acids is 1. The first-order valence-corrected chi connectivity index (χ1v) is 7.47. The normalized spacial score (nSPS) is 11.3. The average molecular weight is 307 g/mol. The highest BCUT2D eigenvalue weighted by Gasteiger charge is 2.13. The van der Waals surface area contributed by atoms with Gasteiger partial charge in [-0.1, -0.05) is 6.07 Å². The van der Waals surface area contributed by atoms with Crippen LogP contribution in [0.5, 0.6) is 5.75 Å². The molecule has 2 aromatic rings. The molecule has 0 radical (unpaired) electrons. The van der Waals surface area contributed by atoms with Crippen LogP contribution in [0.4, 0.5) is 0 Å². The number of rotatable bonds is 5. The molecule has 6 heteroatoms. The van der Waals surface area contributed by atoms with Crippen LogP contribution in [-0.4, -0.2) is 27.6 Å². The van der Waals surface area contributed by atoms with E-state index in [1.54, 1.807) is 4.57 Å². The zero-order valence-electron chi connectivity index (χ0n) is 12.8. The molecule has 5 nitrogen and oxygen atoms in total. The van der Waals surface area contributed by atoms with Crippen LogP contribution in [0.2, 0.25) is 0 Å². The van der Waals surface area contributed by atoms with Crippen LogP contribution in [0.25, 0.3) is 11.0 Å². The second-order valence-corrected chi connectivity index (χ2v) is 5.94. The first kappa shape index (κ1) is 15.6. The van der Waals surface area contributed by atoms with E-state index in [0.717, 1.165) is 16.8 Å². The molecule has 21 heavy (non-hydrogen) atoms. The van der Waals surface area contributed by atoms with Gasteiger partial charge in [0.1, 0.15) is 17.8 Å². The van der Waals surface area contributed by atoms with Crippen LogP contribution in [0.3, 0.4) is 0 Å². The standard InChI is InChI=1S/C15H21N3O2S/c1-9(2)16-13(19)8-18-11-6-5-7-12(20-10(3)4)14(11)17-15(18)21/h5-7,9-10H,8H2,1-4H3,(H,16,19)(H,17,21). The molecule has 2 rings (SSSR count). The summed E-state index contributed by atoms with van der Waals surface area (Å²) in [5.41, 5.74) is 1.70. The zero-order valence-corrected chi connectivity index (χ0v) is 13.6. The smallest absolute Gasteiger partial charge is 0.240 e. The molecule has 1 heterocycles. The predicted octanol–water partition coefficient (Wildman–Crippen LogP) is 3.01. The Labute approximate surface area is 129 Å². The van der Waals surface area contributed by atoms with Crippen LogP contribution in [0.15, 0.2) is 18.2 Å². The van der Waals surface area contributed by atoms with E-state index in [-0.39, 0.29) is 24.6 Å². The fraction of sp³-hybridized carbons (Fsp3) is 0.467. The van der Waals surface area contributed by atoms with Gasteiger partial charge in [0.25, 0.3) is 0 Å². The second-order valence-electron chi connectivity index (χ2n) is 5.56. The number of benzene rings is 1. The van der Waals surface area contributed by atoms with E-state index in [1.807, 2.05) is 45.9 Å². The third kappa shape index (κ3) is 3.64. The Morgan fingerprint density at radius 3 is 2.71 bits per heavy atom. The van der Waals surface area contributed by atoms with Crippen molar-refractivity contribution in [3.63, 3.8) is 0 Å². The third-order valence-electron chi connectivity index (χ3n) is 2.89. The summed E-state index contributed by atoms with van der Waals surface area (Å²) in [7, 11) is 0. The van der Waals surface area contributed by atoms with Crippen molar-refractivity contribution in [3.05, 3.63) is 23.0 Å². The molecule has 0 saturated carbocycles. The maximum atomic E-state index is 12.0. The topological polar surface area (TPSA) is 59.0 Å². The third-order valence-corrected chi connectivity index (χ3v) is 3.21. The molecule has 0 saturated heterocycles. The quantitative estimate of drug-likeness (QED) is 0.835. The molecule has 0 aliphatic rings. The Bertz CT molecular complexity index is 700. The van der Waals surface area contributed by atoms with Crippen molar-refractivity contribution >= 4 is 29.2 Å². The molecule has 0 spiro atoms. The molecule has 0 atom stereocenters. The number of ether oxygens (including phenoxy) is 1. The molecule has 114 valence electrons. The number of hydrogen-bond acceptors (Lipinski definition) is 3. The van der Waals surface area contributed by atoms with Crippen LogP contribution in [0, 0.1) is 4.77 Å². The van der Waals surface area contributed by atoms with Crippen LogP contribution < -0.4 is 10.1 Å². The van der Waals surface area contributed by atoms with Gasteiger partial charge in [-0.15, -0.1) is 0 Å². The molecule has 1 aromatic carbocycles. The molecule has 1 aromatic heterocycles. The lowest BCUT2D eigenvalue weighted by atomic mass is 10.3. The maximum Gasteiger partial charge on any atom is 0.240 e. The molecule has 2 N–H and O–H groups in total. The van der Waals surface area contributed by atoms with Crippen molar-refractivity contribution in [3.8, 4) is 5.75 Å². The minimum absolute atomic E-state index is 0.0582. The molecule has 0 fully saturated rings. The van der Waals surface area contributed by atoms with Gasteiger partial charge < -0.3 is 19.6 Å². The number of carbonyl (C=O) groups is 1. The summed E-state index contributed by atoms with van der Waals surface area (Å²) in [6, 6.07) is 5.83. The zero-order chi connectivity index (χ0) is 15.6. The number of nitrogens with zero attached hydrogens (tertiary/aromatic N) is 1. The van der Waals surface area contributed by atoms with Crippen molar-refractivity contribution in [1.82, 2.24) is 14.9 Å². The minimum atomic E-state index is -0.0582. The minimum Gasteiger partial charge on any atom is -0.489 e. The number of hydrogen-bond donors (Lipinski definition) is 2. The summed E-state index contributed by atoms with van der Waals surface area (Å²) in [5.74, 6) is 0.689. The fourth-order valence-corrected chi connectivity index (χ4v) is 2.44. The van der Waals surface area contributed by atoms with E-state index in [4.69, 9.17) is 17.0 Å². The van der Waals surface area contributed by atoms with E-state index in [9.17, 15) is 4.79 Å². The van der Waals surface area contributed by atoms with Gasteiger partial charge in [-0.05, 0) is 52.0 Å². The van der Waals surface area contributed by atoms with Crippen molar-refractivity contribution in [2.45, 2.75) is 46.4 Å². The molecular weight excluding hydrogens is 286 g/mol. The Morgan fingerprint density at radius 1 is 1.38 bits per heavy atom. The van der Waals surface area contributed by atoms with Crippen molar-refractivity contribution in [1.29, 1.82) is 0 Å². The van der Waals surface area contributed by atoms with Gasteiger partial charge in [-0.3, -0.25) is 4.79 Å². The van der Waals surface area contributed by atoms with Gasteiger partial charge in [0.05, 0.1) is 11.6 Å². The molecule has 1 amide bonds. The van der Waals surface area contributed by atoms with Gasteiger partial charge in [0.2, 0.25) is 5.91 Å². The summed E-state index contributed by atoms with van der Waals surface area (Å²) in [6.07, 6.45) is 0.0742. The highest BCUT2D eigenvalue weighted by Crippen LogP contribution is 2.25.